The van der Waals surface area contributed by atoms with Crippen molar-refractivity contribution in [3.8, 4) is 5.88 Å². The van der Waals surface area contributed by atoms with Crippen molar-refractivity contribution in [3.05, 3.63) is 23.9 Å². The molecule has 0 amide bonds. The van der Waals surface area contributed by atoms with E-state index in [1.54, 1.807) is 12.1 Å². The molecule has 1 heterocycles. The third kappa shape index (κ3) is 5.56. The van der Waals surface area contributed by atoms with Gasteiger partial charge < -0.3 is 4.74 Å². The van der Waals surface area contributed by atoms with Gasteiger partial charge in [0.15, 0.2) is 6.61 Å². The van der Waals surface area contributed by atoms with Gasteiger partial charge in [-0.15, -0.1) is 0 Å². The van der Waals surface area contributed by atoms with Crippen LogP contribution in [0.25, 0.3) is 0 Å². The Morgan fingerprint density at radius 1 is 1.24 bits per heavy atom. The molecule has 1 rings (SSSR count). The average molecular weight is 247 g/mol. The molecule has 0 aliphatic rings. The predicted octanol–water partition coefficient (Wildman–Crippen LogP) is 3.61. The highest BCUT2D eigenvalue weighted by molar-refractivity contribution is 5.26. The number of halogens is 3. The van der Waals surface area contributed by atoms with Crippen molar-refractivity contribution in [2.24, 2.45) is 5.41 Å². The normalized spacial score (nSPS) is 12.6. The molecule has 0 radical (unpaired) electrons. The maximum Gasteiger partial charge on any atom is 0.422 e. The van der Waals surface area contributed by atoms with Gasteiger partial charge in [-0.25, -0.2) is 4.98 Å². The number of ether oxygens (including phenoxy) is 1. The number of hydrogen-bond acceptors (Lipinski definition) is 2. The third-order valence-corrected chi connectivity index (χ3v) is 1.94. The maximum absolute atomic E-state index is 12.1. The smallest absolute Gasteiger partial charge is 0.422 e. The highest BCUT2D eigenvalue weighted by atomic mass is 19.4. The molecule has 0 saturated heterocycles. The fourth-order valence-electron chi connectivity index (χ4n) is 1.41. The highest BCUT2D eigenvalue weighted by Gasteiger charge is 2.29. The van der Waals surface area contributed by atoms with Crippen LogP contribution in [0.2, 0.25) is 0 Å². The van der Waals surface area contributed by atoms with E-state index in [0.717, 1.165) is 0 Å². The maximum atomic E-state index is 12.1. The molecular weight excluding hydrogens is 231 g/mol. The molecule has 0 N–H and O–H groups in total. The number of rotatable bonds is 3. The molecule has 0 bridgehead atoms. The number of alkyl halides is 3. The summed E-state index contributed by atoms with van der Waals surface area (Å²) in [6.45, 7) is 4.72. The second-order valence-corrected chi connectivity index (χ2v) is 5.11. The van der Waals surface area contributed by atoms with Crippen molar-refractivity contribution < 1.29 is 17.9 Å². The topological polar surface area (TPSA) is 22.1 Å². The molecule has 96 valence electrons. The molecule has 0 fully saturated rings. The Hall–Kier alpha value is -1.26. The molecule has 17 heavy (non-hydrogen) atoms. The van der Waals surface area contributed by atoms with Crippen molar-refractivity contribution in [1.82, 2.24) is 4.98 Å². The first kappa shape index (κ1) is 13.8. The minimum atomic E-state index is -4.34. The second kappa shape index (κ2) is 4.94. The molecule has 0 aliphatic carbocycles. The van der Waals surface area contributed by atoms with Gasteiger partial charge in [0, 0.05) is 11.8 Å². The average Bonchev–Trinajstić information content (AvgIpc) is 2.12. The Bertz CT molecular complexity index is 369. The Balaban J connectivity index is 2.78. The SMILES string of the molecule is CC(C)(C)Cc1cccnc1OCC(F)(F)F. The van der Waals surface area contributed by atoms with Crippen LogP contribution in [0, 0.1) is 5.41 Å². The first-order valence-electron chi connectivity index (χ1n) is 5.31. The van der Waals surface area contributed by atoms with Gasteiger partial charge in [0.25, 0.3) is 0 Å². The number of nitrogens with zero attached hydrogens (tertiary/aromatic N) is 1. The summed E-state index contributed by atoms with van der Waals surface area (Å²) in [5, 5.41) is 0. The van der Waals surface area contributed by atoms with Crippen molar-refractivity contribution in [2.45, 2.75) is 33.4 Å². The van der Waals surface area contributed by atoms with Crippen LogP contribution in [0.4, 0.5) is 13.2 Å². The van der Waals surface area contributed by atoms with E-state index in [2.05, 4.69) is 4.98 Å². The van der Waals surface area contributed by atoms with E-state index in [1.165, 1.54) is 6.20 Å². The molecule has 5 heteroatoms. The molecule has 0 aliphatic heterocycles. The summed E-state index contributed by atoms with van der Waals surface area (Å²) < 4.78 is 40.9. The minimum Gasteiger partial charge on any atom is -0.468 e. The summed E-state index contributed by atoms with van der Waals surface area (Å²) >= 11 is 0. The van der Waals surface area contributed by atoms with E-state index in [4.69, 9.17) is 4.74 Å². The van der Waals surface area contributed by atoms with Gasteiger partial charge in [0.2, 0.25) is 5.88 Å². The number of hydrogen-bond donors (Lipinski definition) is 0. The largest absolute Gasteiger partial charge is 0.468 e. The molecule has 1 aromatic rings. The van der Waals surface area contributed by atoms with Gasteiger partial charge in [-0.1, -0.05) is 26.8 Å². The number of pyridine rings is 1. The third-order valence-electron chi connectivity index (χ3n) is 1.94. The van der Waals surface area contributed by atoms with Crippen LogP contribution in [-0.2, 0) is 6.42 Å². The van der Waals surface area contributed by atoms with Gasteiger partial charge in [0.1, 0.15) is 0 Å². The van der Waals surface area contributed by atoms with E-state index in [1.807, 2.05) is 20.8 Å². The van der Waals surface area contributed by atoms with Crippen LogP contribution >= 0.6 is 0 Å². The zero-order valence-corrected chi connectivity index (χ0v) is 10.1. The fraction of sp³-hybridized carbons (Fsp3) is 0.583. The Labute approximate surface area is 98.8 Å². The standard InChI is InChI=1S/C12H16F3NO/c1-11(2,3)7-9-5-4-6-16-10(9)17-8-12(13,14)15/h4-6H,7-8H2,1-3H3. The lowest BCUT2D eigenvalue weighted by atomic mass is 9.88. The molecule has 2 nitrogen and oxygen atoms in total. The zero-order valence-electron chi connectivity index (χ0n) is 10.1. The number of aromatic nitrogens is 1. The molecule has 0 aromatic carbocycles. The summed E-state index contributed by atoms with van der Waals surface area (Å²) in [6.07, 6.45) is -2.29. The Morgan fingerprint density at radius 3 is 2.41 bits per heavy atom. The lowest BCUT2D eigenvalue weighted by Gasteiger charge is -2.20. The van der Waals surface area contributed by atoms with Gasteiger partial charge in [-0.3, -0.25) is 0 Å². The summed E-state index contributed by atoms with van der Waals surface area (Å²) in [7, 11) is 0. The summed E-state index contributed by atoms with van der Waals surface area (Å²) in [4.78, 5) is 3.84. The second-order valence-electron chi connectivity index (χ2n) is 5.11. The Kier molecular flexibility index (Phi) is 4.01. The van der Waals surface area contributed by atoms with E-state index in [0.29, 0.717) is 12.0 Å². The van der Waals surface area contributed by atoms with E-state index in [-0.39, 0.29) is 11.3 Å². The molecule has 0 spiro atoms. The highest BCUT2D eigenvalue weighted by Crippen LogP contribution is 2.26. The zero-order chi connectivity index (χ0) is 13.1. The van der Waals surface area contributed by atoms with E-state index >= 15 is 0 Å². The van der Waals surface area contributed by atoms with Gasteiger partial charge in [-0.2, -0.15) is 13.2 Å². The monoisotopic (exact) mass is 247 g/mol. The summed E-state index contributed by atoms with van der Waals surface area (Å²) in [6, 6.07) is 3.44. The van der Waals surface area contributed by atoms with Crippen LogP contribution in [0.1, 0.15) is 26.3 Å². The van der Waals surface area contributed by atoms with Crippen LogP contribution in [0.5, 0.6) is 5.88 Å². The molecule has 0 atom stereocenters. The van der Waals surface area contributed by atoms with Crippen LogP contribution in [0.15, 0.2) is 18.3 Å². The fourth-order valence-corrected chi connectivity index (χ4v) is 1.41. The van der Waals surface area contributed by atoms with E-state index in [9.17, 15) is 13.2 Å². The quantitative estimate of drug-likeness (QED) is 0.814. The summed E-state index contributed by atoms with van der Waals surface area (Å²) in [5.74, 6) is 0.0692. The van der Waals surface area contributed by atoms with Crippen molar-refractivity contribution in [2.75, 3.05) is 6.61 Å². The predicted molar refractivity (Wildman–Crippen MR) is 58.9 cm³/mol. The van der Waals surface area contributed by atoms with Crippen molar-refractivity contribution in [3.63, 3.8) is 0 Å². The minimum absolute atomic E-state index is 0.0284. The van der Waals surface area contributed by atoms with Gasteiger partial charge >= 0.3 is 6.18 Å². The van der Waals surface area contributed by atoms with E-state index < -0.39 is 12.8 Å². The summed E-state index contributed by atoms with van der Waals surface area (Å²) in [5.41, 5.74) is 0.670. The molecular formula is C12H16F3NO. The molecule has 1 aromatic heterocycles. The lowest BCUT2D eigenvalue weighted by Crippen LogP contribution is -2.21. The van der Waals surface area contributed by atoms with Crippen molar-refractivity contribution >= 4 is 0 Å². The van der Waals surface area contributed by atoms with Gasteiger partial charge in [-0.05, 0) is 17.9 Å². The van der Waals surface area contributed by atoms with Crippen LogP contribution in [0.3, 0.4) is 0 Å². The lowest BCUT2D eigenvalue weighted by molar-refractivity contribution is -0.154. The Morgan fingerprint density at radius 2 is 1.88 bits per heavy atom. The van der Waals surface area contributed by atoms with Crippen LogP contribution < -0.4 is 4.74 Å². The molecule has 0 saturated carbocycles. The first-order chi connectivity index (χ1) is 7.67. The first-order valence-corrected chi connectivity index (χ1v) is 5.31. The van der Waals surface area contributed by atoms with Gasteiger partial charge in [0.05, 0.1) is 0 Å². The molecule has 0 unspecified atom stereocenters. The van der Waals surface area contributed by atoms with Crippen LogP contribution in [-0.4, -0.2) is 17.8 Å². The van der Waals surface area contributed by atoms with Crippen molar-refractivity contribution in [1.29, 1.82) is 0 Å².